The van der Waals surface area contributed by atoms with Crippen LogP contribution < -0.4 is 4.74 Å². The number of para-hydroxylation sites is 1. The zero-order chi connectivity index (χ0) is 25.5. The van der Waals surface area contributed by atoms with E-state index in [9.17, 15) is 4.79 Å². The van der Waals surface area contributed by atoms with Gasteiger partial charge in [0.25, 0.3) is 5.91 Å². The van der Waals surface area contributed by atoms with E-state index in [4.69, 9.17) is 26.8 Å². The Bertz CT molecular complexity index is 1280. The molecule has 0 aliphatic carbocycles. The molecule has 0 bridgehead atoms. The van der Waals surface area contributed by atoms with E-state index in [-0.39, 0.29) is 5.91 Å². The van der Waals surface area contributed by atoms with E-state index in [1.807, 2.05) is 79.3 Å². The van der Waals surface area contributed by atoms with E-state index in [2.05, 4.69) is 6.58 Å². The van der Waals surface area contributed by atoms with Gasteiger partial charge in [0.1, 0.15) is 22.4 Å². The first-order valence-corrected chi connectivity index (χ1v) is 13.1. The fourth-order valence-corrected chi connectivity index (χ4v) is 5.14. The minimum Gasteiger partial charge on any atom is -0.489 e. The normalized spacial score (nSPS) is 14.6. The van der Waals surface area contributed by atoms with Crippen LogP contribution in [0.4, 0.5) is 0 Å². The molecule has 1 fully saturated rings. The number of amides is 1. The number of aryl methyl sites for hydroxylation is 1. The lowest BCUT2D eigenvalue weighted by molar-refractivity contribution is -0.122. The molecule has 1 amide bonds. The van der Waals surface area contributed by atoms with Crippen LogP contribution in [-0.2, 0) is 9.53 Å². The number of hydrogen-bond acceptors (Lipinski definition) is 6. The van der Waals surface area contributed by atoms with Crippen LogP contribution in [0.25, 0.3) is 23.0 Å². The molecule has 0 atom stereocenters. The van der Waals surface area contributed by atoms with Gasteiger partial charge in [0.2, 0.25) is 0 Å². The van der Waals surface area contributed by atoms with E-state index < -0.39 is 0 Å². The Labute approximate surface area is 221 Å². The highest BCUT2D eigenvalue weighted by atomic mass is 32.2. The van der Waals surface area contributed by atoms with Crippen molar-refractivity contribution >= 4 is 40.3 Å². The van der Waals surface area contributed by atoms with Gasteiger partial charge < -0.3 is 9.47 Å². The number of carbonyl (C=O) groups excluding carboxylic acids is 1. The standard InChI is InChI=1S/C28H29N3O3S2/c1-4-15-34-24-13-12-21(17-20(24)3)26-22(19-31(29-26)23-10-7-6-8-11-23)18-25-27(32)30(28(35)36-25)14-9-16-33-5-2/h4,6-8,10-13,17-19H,1,5,9,14-16H2,2-3H3. The highest BCUT2D eigenvalue weighted by Crippen LogP contribution is 2.35. The van der Waals surface area contributed by atoms with Gasteiger partial charge in [-0.15, -0.1) is 0 Å². The second-order valence-corrected chi connectivity index (χ2v) is 9.85. The van der Waals surface area contributed by atoms with E-state index in [0.29, 0.717) is 35.6 Å². The van der Waals surface area contributed by atoms with Gasteiger partial charge in [-0.25, -0.2) is 4.68 Å². The summed E-state index contributed by atoms with van der Waals surface area (Å²) in [7, 11) is 0. The summed E-state index contributed by atoms with van der Waals surface area (Å²) in [5, 5.41) is 4.89. The van der Waals surface area contributed by atoms with Crippen molar-refractivity contribution < 1.29 is 14.3 Å². The van der Waals surface area contributed by atoms with Crippen molar-refractivity contribution in [2.24, 2.45) is 0 Å². The van der Waals surface area contributed by atoms with Crippen LogP contribution in [0, 0.1) is 6.92 Å². The summed E-state index contributed by atoms with van der Waals surface area (Å²) in [4.78, 5) is 15.4. The molecule has 2 heterocycles. The predicted octanol–water partition coefficient (Wildman–Crippen LogP) is 6.04. The van der Waals surface area contributed by atoms with Crippen LogP contribution in [0.3, 0.4) is 0 Å². The van der Waals surface area contributed by atoms with Crippen LogP contribution in [0.2, 0.25) is 0 Å². The topological polar surface area (TPSA) is 56.6 Å². The first-order valence-electron chi connectivity index (χ1n) is 11.8. The Morgan fingerprint density at radius 3 is 2.72 bits per heavy atom. The second-order valence-electron chi connectivity index (χ2n) is 8.18. The predicted molar refractivity (Wildman–Crippen MR) is 150 cm³/mol. The lowest BCUT2D eigenvalue weighted by Gasteiger charge is -2.13. The fourth-order valence-electron chi connectivity index (χ4n) is 3.84. The molecule has 8 heteroatoms. The lowest BCUT2D eigenvalue weighted by atomic mass is 10.0. The molecule has 6 nitrogen and oxygen atoms in total. The van der Waals surface area contributed by atoms with E-state index in [1.54, 1.807) is 11.0 Å². The number of nitrogens with zero attached hydrogens (tertiary/aromatic N) is 3. The minimum atomic E-state index is -0.0794. The van der Waals surface area contributed by atoms with Crippen molar-refractivity contribution in [3.63, 3.8) is 0 Å². The lowest BCUT2D eigenvalue weighted by Crippen LogP contribution is -2.29. The number of benzene rings is 2. The molecule has 186 valence electrons. The van der Waals surface area contributed by atoms with Crippen molar-refractivity contribution in [1.82, 2.24) is 14.7 Å². The first-order chi connectivity index (χ1) is 17.5. The van der Waals surface area contributed by atoms with Gasteiger partial charge in [0.05, 0.1) is 10.6 Å². The van der Waals surface area contributed by atoms with Gasteiger partial charge in [-0.3, -0.25) is 9.69 Å². The monoisotopic (exact) mass is 519 g/mol. The third-order valence-corrected chi connectivity index (χ3v) is 6.98. The molecule has 0 radical (unpaired) electrons. The zero-order valence-electron chi connectivity index (χ0n) is 20.5. The SMILES string of the molecule is C=CCOc1ccc(-c2nn(-c3ccccc3)cc2C=C2SC(=S)N(CCCOCC)C2=O)cc1C. The average molecular weight is 520 g/mol. The Hall–Kier alpha value is -3.20. The van der Waals surface area contributed by atoms with Crippen LogP contribution >= 0.6 is 24.0 Å². The van der Waals surface area contributed by atoms with Crippen LogP contribution in [-0.4, -0.2) is 51.3 Å². The van der Waals surface area contributed by atoms with Crippen molar-refractivity contribution in [3.05, 3.63) is 83.4 Å². The Balaban J connectivity index is 1.68. The molecule has 0 unspecified atom stereocenters. The zero-order valence-corrected chi connectivity index (χ0v) is 22.1. The summed E-state index contributed by atoms with van der Waals surface area (Å²) in [5.41, 5.74) is 4.48. The molecule has 2 aromatic carbocycles. The summed E-state index contributed by atoms with van der Waals surface area (Å²) < 4.78 is 13.6. The molecular weight excluding hydrogens is 490 g/mol. The summed E-state index contributed by atoms with van der Waals surface area (Å²) in [6, 6.07) is 15.9. The number of thiocarbonyl (C=S) groups is 1. The third kappa shape index (κ3) is 5.95. The molecule has 1 aliphatic rings. The molecule has 0 saturated carbocycles. The van der Waals surface area contributed by atoms with Gasteiger partial charge in [0, 0.05) is 37.1 Å². The summed E-state index contributed by atoms with van der Waals surface area (Å²) in [5.74, 6) is 0.722. The molecule has 1 aliphatic heterocycles. The number of rotatable bonds is 11. The second kappa shape index (κ2) is 12.2. The van der Waals surface area contributed by atoms with Gasteiger partial charge >= 0.3 is 0 Å². The summed E-state index contributed by atoms with van der Waals surface area (Å²) in [6.07, 6.45) is 6.30. The number of thioether (sulfide) groups is 1. The largest absolute Gasteiger partial charge is 0.489 e. The van der Waals surface area contributed by atoms with Crippen molar-refractivity contribution in [2.45, 2.75) is 20.3 Å². The van der Waals surface area contributed by atoms with Gasteiger partial charge in [-0.2, -0.15) is 5.10 Å². The number of hydrogen-bond donors (Lipinski definition) is 0. The maximum absolute atomic E-state index is 13.2. The Kier molecular flexibility index (Phi) is 8.74. The van der Waals surface area contributed by atoms with Crippen LogP contribution in [0.15, 0.2) is 72.3 Å². The van der Waals surface area contributed by atoms with Crippen molar-refractivity contribution in [1.29, 1.82) is 0 Å². The van der Waals surface area contributed by atoms with E-state index in [0.717, 1.165) is 40.2 Å². The highest BCUT2D eigenvalue weighted by Gasteiger charge is 2.32. The summed E-state index contributed by atoms with van der Waals surface area (Å²) in [6.45, 7) is 9.93. The molecule has 3 aromatic rings. The highest BCUT2D eigenvalue weighted by molar-refractivity contribution is 8.26. The van der Waals surface area contributed by atoms with E-state index >= 15 is 0 Å². The van der Waals surface area contributed by atoms with E-state index in [1.165, 1.54) is 11.8 Å². The molecule has 0 N–H and O–H groups in total. The van der Waals surface area contributed by atoms with Crippen LogP contribution in [0.5, 0.6) is 5.75 Å². The van der Waals surface area contributed by atoms with Crippen molar-refractivity contribution in [3.8, 4) is 22.7 Å². The molecule has 4 rings (SSSR count). The first kappa shape index (κ1) is 25.9. The van der Waals surface area contributed by atoms with Gasteiger partial charge in [-0.1, -0.05) is 54.8 Å². The fraction of sp³-hybridized carbons (Fsp3) is 0.250. The molecule has 0 spiro atoms. The summed E-state index contributed by atoms with van der Waals surface area (Å²) >= 11 is 6.83. The minimum absolute atomic E-state index is 0.0794. The average Bonchev–Trinajstić information content (AvgIpc) is 3.42. The van der Waals surface area contributed by atoms with Gasteiger partial charge in [0.15, 0.2) is 0 Å². The molecule has 1 aromatic heterocycles. The molecular formula is C28H29N3O3S2. The number of ether oxygens (including phenoxy) is 2. The van der Waals surface area contributed by atoms with Crippen molar-refractivity contribution in [2.75, 3.05) is 26.4 Å². The molecule has 1 saturated heterocycles. The Morgan fingerprint density at radius 1 is 1.19 bits per heavy atom. The van der Waals surface area contributed by atoms with Crippen LogP contribution in [0.1, 0.15) is 24.5 Å². The molecule has 36 heavy (non-hydrogen) atoms. The third-order valence-electron chi connectivity index (χ3n) is 5.60. The number of carbonyl (C=O) groups is 1. The maximum Gasteiger partial charge on any atom is 0.266 e. The van der Waals surface area contributed by atoms with Gasteiger partial charge in [-0.05, 0) is 62.2 Å². The quantitative estimate of drug-likeness (QED) is 0.133. The Morgan fingerprint density at radius 2 is 2.00 bits per heavy atom. The maximum atomic E-state index is 13.2. The number of aromatic nitrogens is 2. The smallest absolute Gasteiger partial charge is 0.266 e.